The Hall–Kier alpha value is -1.19. The Morgan fingerprint density at radius 3 is 2.60 bits per heavy atom. The Bertz CT molecular complexity index is 537. The smallest absolute Gasteiger partial charge is 0.0579 e. The molecular weight excluding hydrogens is 312 g/mol. The van der Waals surface area contributed by atoms with Gasteiger partial charge in [-0.3, -0.25) is 4.98 Å². The summed E-state index contributed by atoms with van der Waals surface area (Å²) in [5.74, 6) is 0. The standard InChI is InChI=1S/C17H21BrN2/c1-3-9-19-17(16-11-13(2)8-10-20-16)12-14-4-6-15(18)7-5-14/h4-8,10-11,17,19H,3,9,12H2,1-2H3. The summed E-state index contributed by atoms with van der Waals surface area (Å²) < 4.78 is 1.12. The molecule has 0 radical (unpaired) electrons. The van der Waals surface area contributed by atoms with E-state index in [9.17, 15) is 0 Å². The first kappa shape index (κ1) is 15.2. The molecule has 106 valence electrons. The van der Waals surface area contributed by atoms with Gasteiger partial charge in [0.15, 0.2) is 0 Å². The van der Waals surface area contributed by atoms with E-state index in [4.69, 9.17) is 0 Å². The van der Waals surface area contributed by atoms with Crippen molar-refractivity contribution in [1.29, 1.82) is 0 Å². The predicted octanol–water partition coefficient (Wildman–Crippen LogP) is 4.44. The lowest BCUT2D eigenvalue weighted by Gasteiger charge is -2.18. The molecule has 20 heavy (non-hydrogen) atoms. The molecule has 0 bridgehead atoms. The van der Waals surface area contributed by atoms with Crippen LogP contribution < -0.4 is 5.32 Å². The first-order valence-corrected chi connectivity index (χ1v) is 7.88. The predicted molar refractivity (Wildman–Crippen MR) is 87.9 cm³/mol. The molecule has 0 amide bonds. The maximum absolute atomic E-state index is 4.53. The van der Waals surface area contributed by atoms with Crippen LogP contribution in [0, 0.1) is 6.92 Å². The van der Waals surface area contributed by atoms with E-state index in [1.165, 1.54) is 11.1 Å². The SMILES string of the molecule is CCCNC(Cc1ccc(Br)cc1)c1cc(C)ccn1. The summed E-state index contributed by atoms with van der Waals surface area (Å²) in [6.07, 6.45) is 3.99. The number of aromatic nitrogens is 1. The zero-order valence-electron chi connectivity index (χ0n) is 12.1. The first-order chi connectivity index (χ1) is 9.69. The van der Waals surface area contributed by atoms with E-state index >= 15 is 0 Å². The molecule has 2 rings (SSSR count). The summed E-state index contributed by atoms with van der Waals surface area (Å²) in [4.78, 5) is 4.53. The van der Waals surface area contributed by atoms with Gasteiger partial charge >= 0.3 is 0 Å². The summed E-state index contributed by atoms with van der Waals surface area (Å²) in [7, 11) is 0. The molecule has 1 atom stereocenters. The highest BCUT2D eigenvalue weighted by Gasteiger charge is 2.13. The van der Waals surface area contributed by atoms with Crippen molar-refractivity contribution >= 4 is 15.9 Å². The second kappa shape index (κ2) is 7.55. The number of pyridine rings is 1. The molecular formula is C17H21BrN2. The molecule has 3 heteroatoms. The lowest BCUT2D eigenvalue weighted by molar-refractivity contribution is 0.517. The maximum atomic E-state index is 4.53. The van der Waals surface area contributed by atoms with E-state index < -0.39 is 0 Å². The largest absolute Gasteiger partial charge is 0.308 e. The van der Waals surface area contributed by atoms with Gasteiger partial charge < -0.3 is 5.32 Å². The van der Waals surface area contributed by atoms with Crippen molar-refractivity contribution in [3.05, 3.63) is 63.9 Å². The second-order valence-electron chi connectivity index (χ2n) is 5.10. The van der Waals surface area contributed by atoms with Gasteiger partial charge in [-0.2, -0.15) is 0 Å². The molecule has 0 fully saturated rings. The van der Waals surface area contributed by atoms with Crippen molar-refractivity contribution in [2.45, 2.75) is 32.7 Å². The molecule has 0 aliphatic heterocycles. The fourth-order valence-electron chi connectivity index (χ4n) is 2.21. The lowest BCUT2D eigenvalue weighted by atomic mass is 10.0. The summed E-state index contributed by atoms with van der Waals surface area (Å²) in [6.45, 7) is 5.31. The Balaban J connectivity index is 2.16. The summed E-state index contributed by atoms with van der Waals surface area (Å²) in [5.41, 5.74) is 3.71. The summed E-state index contributed by atoms with van der Waals surface area (Å²) >= 11 is 3.48. The zero-order chi connectivity index (χ0) is 14.4. The number of hydrogen-bond acceptors (Lipinski definition) is 2. The highest BCUT2D eigenvalue weighted by molar-refractivity contribution is 9.10. The van der Waals surface area contributed by atoms with Gasteiger partial charge in [0.2, 0.25) is 0 Å². The fraction of sp³-hybridized carbons (Fsp3) is 0.353. The molecule has 1 unspecified atom stereocenters. The van der Waals surface area contributed by atoms with Crippen molar-refractivity contribution in [1.82, 2.24) is 10.3 Å². The van der Waals surface area contributed by atoms with Crippen LogP contribution in [0.3, 0.4) is 0 Å². The first-order valence-electron chi connectivity index (χ1n) is 7.09. The van der Waals surface area contributed by atoms with Crippen LogP contribution in [0.4, 0.5) is 0 Å². The molecule has 1 N–H and O–H groups in total. The van der Waals surface area contributed by atoms with Crippen molar-refractivity contribution in [2.24, 2.45) is 0 Å². The van der Waals surface area contributed by atoms with Crippen molar-refractivity contribution in [3.63, 3.8) is 0 Å². The third-order valence-corrected chi connectivity index (χ3v) is 3.82. The van der Waals surface area contributed by atoms with Gasteiger partial charge in [-0.1, -0.05) is 35.0 Å². The normalized spacial score (nSPS) is 12.3. The zero-order valence-corrected chi connectivity index (χ0v) is 13.7. The van der Waals surface area contributed by atoms with Crippen molar-refractivity contribution in [2.75, 3.05) is 6.54 Å². The van der Waals surface area contributed by atoms with E-state index in [-0.39, 0.29) is 6.04 Å². The topological polar surface area (TPSA) is 24.9 Å². The number of nitrogens with one attached hydrogen (secondary N) is 1. The Kier molecular flexibility index (Phi) is 5.74. The van der Waals surface area contributed by atoms with Crippen LogP contribution in [0.15, 0.2) is 47.1 Å². The van der Waals surface area contributed by atoms with Crippen molar-refractivity contribution in [3.8, 4) is 0 Å². The molecule has 2 nitrogen and oxygen atoms in total. The van der Waals surface area contributed by atoms with Crippen LogP contribution in [-0.2, 0) is 6.42 Å². The van der Waals surface area contributed by atoms with Crippen LogP contribution >= 0.6 is 15.9 Å². The van der Waals surface area contributed by atoms with E-state index in [0.29, 0.717) is 0 Å². The fourth-order valence-corrected chi connectivity index (χ4v) is 2.47. The van der Waals surface area contributed by atoms with Crippen LogP contribution in [0.1, 0.15) is 36.2 Å². The summed E-state index contributed by atoms with van der Waals surface area (Å²) in [5, 5.41) is 3.60. The molecule has 0 saturated heterocycles. The van der Waals surface area contributed by atoms with Gasteiger partial charge in [0.1, 0.15) is 0 Å². The summed E-state index contributed by atoms with van der Waals surface area (Å²) in [6, 6.07) is 13.0. The molecule has 0 saturated carbocycles. The number of rotatable bonds is 6. The molecule has 1 aromatic carbocycles. The van der Waals surface area contributed by atoms with Gasteiger partial charge in [0.05, 0.1) is 11.7 Å². The Labute approximate surface area is 129 Å². The molecule has 1 aromatic heterocycles. The average molecular weight is 333 g/mol. The van der Waals surface area contributed by atoms with E-state index in [0.717, 1.165) is 29.6 Å². The number of halogens is 1. The highest BCUT2D eigenvalue weighted by Crippen LogP contribution is 2.19. The quantitative estimate of drug-likeness (QED) is 0.846. The van der Waals surface area contributed by atoms with Gasteiger partial charge in [0, 0.05) is 10.7 Å². The van der Waals surface area contributed by atoms with Crippen LogP contribution in [0.5, 0.6) is 0 Å². The third kappa shape index (κ3) is 4.43. The molecule has 1 heterocycles. The minimum Gasteiger partial charge on any atom is -0.308 e. The maximum Gasteiger partial charge on any atom is 0.0579 e. The number of aryl methyl sites for hydroxylation is 1. The monoisotopic (exact) mass is 332 g/mol. The lowest BCUT2D eigenvalue weighted by Crippen LogP contribution is -2.25. The van der Waals surface area contributed by atoms with Gasteiger partial charge in [-0.25, -0.2) is 0 Å². The number of nitrogens with zero attached hydrogens (tertiary/aromatic N) is 1. The Morgan fingerprint density at radius 1 is 1.20 bits per heavy atom. The highest BCUT2D eigenvalue weighted by atomic mass is 79.9. The van der Waals surface area contributed by atoms with E-state index in [1.807, 2.05) is 12.3 Å². The molecule has 2 aromatic rings. The molecule has 0 aliphatic carbocycles. The van der Waals surface area contributed by atoms with E-state index in [2.05, 4.69) is 70.4 Å². The van der Waals surface area contributed by atoms with Crippen LogP contribution in [0.25, 0.3) is 0 Å². The number of hydrogen-bond donors (Lipinski definition) is 1. The third-order valence-electron chi connectivity index (χ3n) is 3.29. The number of benzene rings is 1. The average Bonchev–Trinajstić information content (AvgIpc) is 2.45. The second-order valence-corrected chi connectivity index (χ2v) is 6.01. The molecule has 0 aliphatic rings. The van der Waals surface area contributed by atoms with Gasteiger partial charge in [-0.05, 0) is 61.7 Å². The van der Waals surface area contributed by atoms with Crippen LogP contribution in [-0.4, -0.2) is 11.5 Å². The minimum absolute atomic E-state index is 0.274. The van der Waals surface area contributed by atoms with Crippen LogP contribution in [0.2, 0.25) is 0 Å². The Morgan fingerprint density at radius 2 is 1.95 bits per heavy atom. The minimum atomic E-state index is 0.274. The van der Waals surface area contributed by atoms with E-state index in [1.54, 1.807) is 0 Å². The van der Waals surface area contributed by atoms with Crippen molar-refractivity contribution < 1.29 is 0 Å². The molecule has 0 spiro atoms. The van der Waals surface area contributed by atoms with Gasteiger partial charge in [-0.15, -0.1) is 0 Å². The van der Waals surface area contributed by atoms with Gasteiger partial charge in [0.25, 0.3) is 0 Å².